The average Bonchev–Trinajstić information content (AvgIpc) is 2.53. The molecule has 0 spiro atoms. The number of nitrogens with zero attached hydrogens (tertiary/aromatic N) is 3. The summed E-state index contributed by atoms with van der Waals surface area (Å²) in [5.41, 5.74) is 8.32. The van der Waals surface area contributed by atoms with E-state index in [0.717, 1.165) is 31.7 Å². The third-order valence-electron chi connectivity index (χ3n) is 5.33. The van der Waals surface area contributed by atoms with Gasteiger partial charge in [0.05, 0.1) is 12.2 Å². The number of anilines is 2. The summed E-state index contributed by atoms with van der Waals surface area (Å²) in [5, 5.41) is 0. The third-order valence-corrected chi connectivity index (χ3v) is 5.33. The van der Waals surface area contributed by atoms with Crippen LogP contribution in [0.2, 0.25) is 0 Å². The molecule has 0 amide bonds. The molecule has 2 fully saturated rings. The molecule has 2 aromatic heterocycles. The van der Waals surface area contributed by atoms with Crippen LogP contribution in [-0.2, 0) is 4.74 Å². The van der Waals surface area contributed by atoms with Crippen LogP contribution in [-0.4, -0.2) is 35.3 Å². The molecule has 132 valence electrons. The molecule has 3 heterocycles. The summed E-state index contributed by atoms with van der Waals surface area (Å²) >= 11 is 0. The van der Waals surface area contributed by atoms with E-state index in [0.29, 0.717) is 17.7 Å². The maximum Gasteiger partial charge on any atom is 0.128 e. The number of rotatable bonds is 3. The number of pyridine rings is 2. The van der Waals surface area contributed by atoms with Crippen LogP contribution in [0.3, 0.4) is 0 Å². The molecular weight excluding hydrogens is 312 g/mol. The van der Waals surface area contributed by atoms with Crippen molar-refractivity contribution in [1.82, 2.24) is 9.97 Å². The van der Waals surface area contributed by atoms with E-state index >= 15 is 0 Å². The monoisotopic (exact) mass is 338 g/mol. The van der Waals surface area contributed by atoms with Gasteiger partial charge < -0.3 is 15.4 Å². The fourth-order valence-electron chi connectivity index (χ4n) is 4.06. The van der Waals surface area contributed by atoms with Gasteiger partial charge in [0.15, 0.2) is 0 Å². The summed E-state index contributed by atoms with van der Waals surface area (Å²) in [6.45, 7) is 6.07. The standard InChI is InChI=1S/C20H26N4O/c1-13-11-24(12-14(2)25-13)20-5-3-4-18(23-20)17-8-16(9-17)15-6-7-22-19(21)10-15/h3-7,10,13-14,16-17H,8-9,11-12H2,1-2H3,(H2,21,22)/t13-,14+,16?,17?. The molecule has 4 rings (SSSR count). The lowest BCUT2D eigenvalue weighted by Crippen LogP contribution is -2.45. The maximum absolute atomic E-state index is 5.84. The van der Waals surface area contributed by atoms with Gasteiger partial charge in [-0.2, -0.15) is 0 Å². The highest BCUT2D eigenvalue weighted by molar-refractivity contribution is 5.42. The van der Waals surface area contributed by atoms with Gasteiger partial charge in [-0.1, -0.05) is 6.07 Å². The number of aromatic nitrogens is 2. The molecule has 0 bridgehead atoms. The number of morpholine rings is 1. The van der Waals surface area contributed by atoms with Gasteiger partial charge in [-0.25, -0.2) is 9.97 Å². The van der Waals surface area contributed by atoms with Gasteiger partial charge in [-0.05, 0) is 62.4 Å². The first-order chi connectivity index (χ1) is 12.1. The molecule has 2 aromatic rings. The number of nitrogens with two attached hydrogens (primary N) is 1. The van der Waals surface area contributed by atoms with Gasteiger partial charge in [0.2, 0.25) is 0 Å². The van der Waals surface area contributed by atoms with E-state index in [1.54, 1.807) is 6.20 Å². The van der Waals surface area contributed by atoms with Crippen molar-refractivity contribution in [3.05, 3.63) is 47.8 Å². The molecule has 0 unspecified atom stereocenters. The Labute approximate surface area is 149 Å². The molecule has 0 radical (unpaired) electrons. The lowest BCUT2D eigenvalue weighted by atomic mass is 9.70. The zero-order chi connectivity index (χ0) is 17.4. The number of ether oxygens (including phenoxy) is 1. The third kappa shape index (κ3) is 3.47. The summed E-state index contributed by atoms with van der Waals surface area (Å²) in [5.74, 6) is 2.80. The molecular formula is C20H26N4O. The fraction of sp³-hybridized carbons (Fsp3) is 0.500. The van der Waals surface area contributed by atoms with Crippen molar-refractivity contribution in [3.63, 3.8) is 0 Å². The Bertz CT molecular complexity index is 734. The lowest BCUT2D eigenvalue weighted by molar-refractivity contribution is -0.00547. The Hall–Kier alpha value is -2.14. The molecule has 0 aromatic carbocycles. The molecule has 2 N–H and O–H groups in total. The summed E-state index contributed by atoms with van der Waals surface area (Å²) in [6, 6.07) is 10.5. The molecule has 5 nitrogen and oxygen atoms in total. The molecule has 1 aliphatic carbocycles. The van der Waals surface area contributed by atoms with Gasteiger partial charge >= 0.3 is 0 Å². The predicted octanol–water partition coefficient (Wildman–Crippen LogP) is 3.33. The van der Waals surface area contributed by atoms with Crippen LogP contribution in [0.1, 0.15) is 49.8 Å². The molecule has 5 heteroatoms. The van der Waals surface area contributed by atoms with Crippen LogP contribution in [0, 0.1) is 0 Å². The molecule has 2 aliphatic rings. The Kier molecular flexibility index (Phi) is 4.34. The Morgan fingerprint density at radius 3 is 2.56 bits per heavy atom. The maximum atomic E-state index is 5.84. The van der Waals surface area contributed by atoms with Crippen LogP contribution in [0.25, 0.3) is 0 Å². The highest BCUT2D eigenvalue weighted by Crippen LogP contribution is 2.47. The number of hydrogen-bond donors (Lipinski definition) is 1. The summed E-state index contributed by atoms with van der Waals surface area (Å²) in [6.07, 6.45) is 4.57. The first-order valence-corrected chi connectivity index (χ1v) is 9.17. The first kappa shape index (κ1) is 16.3. The summed E-state index contributed by atoms with van der Waals surface area (Å²) in [7, 11) is 0. The SMILES string of the molecule is C[C@@H]1CN(c2cccc(C3CC(c4ccnc(N)c4)C3)n2)C[C@H](C)O1. The van der Waals surface area contributed by atoms with E-state index in [4.69, 9.17) is 15.5 Å². The second-order valence-electron chi connectivity index (χ2n) is 7.46. The minimum atomic E-state index is 0.249. The van der Waals surface area contributed by atoms with E-state index in [2.05, 4.69) is 48.0 Å². The summed E-state index contributed by atoms with van der Waals surface area (Å²) in [4.78, 5) is 11.4. The lowest BCUT2D eigenvalue weighted by Gasteiger charge is -2.38. The van der Waals surface area contributed by atoms with Gasteiger partial charge in [0.1, 0.15) is 11.6 Å². The van der Waals surface area contributed by atoms with E-state index in [1.165, 1.54) is 11.3 Å². The van der Waals surface area contributed by atoms with Crippen molar-refractivity contribution < 1.29 is 4.74 Å². The van der Waals surface area contributed by atoms with Crippen molar-refractivity contribution >= 4 is 11.6 Å². The topological polar surface area (TPSA) is 64.3 Å². The van der Waals surface area contributed by atoms with Crippen molar-refractivity contribution in [2.75, 3.05) is 23.7 Å². The molecule has 25 heavy (non-hydrogen) atoms. The van der Waals surface area contributed by atoms with E-state index < -0.39 is 0 Å². The molecule has 1 aliphatic heterocycles. The molecule has 1 saturated carbocycles. The second kappa shape index (κ2) is 6.64. The minimum Gasteiger partial charge on any atom is -0.384 e. The Morgan fingerprint density at radius 2 is 1.84 bits per heavy atom. The van der Waals surface area contributed by atoms with Crippen LogP contribution in [0.4, 0.5) is 11.6 Å². The van der Waals surface area contributed by atoms with Gasteiger partial charge in [0, 0.05) is 30.9 Å². The van der Waals surface area contributed by atoms with Crippen molar-refractivity contribution in [2.45, 2.75) is 50.7 Å². The van der Waals surface area contributed by atoms with Crippen LogP contribution in [0.5, 0.6) is 0 Å². The van der Waals surface area contributed by atoms with Gasteiger partial charge in [-0.3, -0.25) is 0 Å². The van der Waals surface area contributed by atoms with Crippen LogP contribution >= 0.6 is 0 Å². The second-order valence-corrected chi connectivity index (χ2v) is 7.46. The molecule has 2 atom stereocenters. The smallest absolute Gasteiger partial charge is 0.128 e. The normalized spacial score (nSPS) is 29.3. The van der Waals surface area contributed by atoms with E-state index in [-0.39, 0.29) is 12.2 Å². The predicted molar refractivity (Wildman–Crippen MR) is 99.8 cm³/mol. The fourth-order valence-corrected chi connectivity index (χ4v) is 4.06. The first-order valence-electron chi connectivity index (χ1n) is 9.17. The van der Waals surface area contributed by atoms with Crippen LogP contribution < -0.4 is 10.6 Å². The summed E-state index contributed by atoms with van der Waals surface area (Å²) < 4.78 is 5.84. The number of hydrogen-bond acceptors (Lipinski definition) is 5. The number of nitrogen functional groups attached to an aromatic ring is 1. The van der Waals surface area contributed by atoms with E-state index in [1.807, 2.05) is 6.07 Å². The molecule has 1 saturated heterocycles. The zero-order valence-corrected chi connectivity index (χ0v) is 14.9. The largest absolute Gasteiger partial charge is 0.384 e. The van der Waals surface area contributed by atoms with Crippen molar-refractivity contribution in [2.24, 2.45) is 0 Å². The Morgan fingerprint density at radius 1 is 1.08 bits per heavy atom. The van der Waals surface area contributed by atoms with Gasteiger partial charge in [0.25, 0.3) is 0 Å². The van der Waals surface area contributed by atoms with Crippen molar-refractivity contribution in [3.8, 4) is 0 Å². The zero-order valence-electron chi connectivity index (χ0n) is 14.9. The highest BCUT2D eigenvalue weighted by atomic mass is 16.5. The average molecular weight is 338 g/mol. The van der Waals surface area contributed by atoms with Gasteiger partial charge in [-0.15, -0.1) is 0 Å². The minimum absolute atomic E-state index is 0.249. The van der Waals surface area contributed by atoms with Crippen LogP contribution in [0.15, 0.2) is 36.5 Å². The quantitative estimate of drug-likeness (QED) is 0.930. The van der Waals surface area contributed by atoms with Crippen molar-refractivity contribution in [1.29, 1.82) is 0 Å². The highest BCUT2D eigenvalue weighted by Gasteiger charge is 2.33. The Balaban J connectivity index is 1.44. The van der Waals surface area contributed by atoms with E-state index in [9.17, 15) is 0 Å².